The molecule has 0 aliphatic carbocycles. The molecular formula is C54H92O4. The van der Waals surface area contributed by atoms with E-state index in [9.17, 15) is 0 Å². The Morgan fingerprint density at radius 1 is 0.483 bits per heavy atom. The Morgan fingerprint density at radius 2 is 0.914 bits per heavy atom. The Hall–Kier alpha value is -2.88. The largest absolute Gasteiger partial charge is 0.469 e. The normalized spacial score (nSPS) is 13.9. The maximum atomic E-state index is 5.80. The van der Waals surface area contributed by atoms with Gasteiger partial charge >= 0.3 is 0 Å². The van der Waals surface area contributed by atoms with Gasteiger partial charge in [-0.25, -0.2) is 0 Å². The first-order valence-electron chi connectivity index (χ1n) is 22.8. The van der Waals surface area contributed by atoms with Crippen LogP contribution < -0.4 is 0 Å². The van der Waals surface area contributed by atoms with Crippen molar-refractivity contribution in [2.75, 3.05) is 0 Å². The van der Waals surface area contributed by atoms with E-state index in [1.165, 1.54) is 16.7 Å². The van der Waals surface area contributed by atoms with Crippen LogP contribution in [0.2, 0.25) is 0 Å². The van der Waals surface area contributed by atoms with Crippen molar-refractivity contribution in [3.63, 3.8) is 0 Å². The van der Waals surface area contributed by atoms with E-state index < -0.39 is 0 Å². The van der Waals surface area contributed by atoms with E-state index in [1.807, 2.05) is 26.4 Å². The van der Waals surface area contributed by atoms with Gasteiger partial charge in [-0.2, -0.15) is 0 Å². The lowest BCUT2D eigenvalue weighted by atomic mass is 9.73. The Kier molecular flexibility index (Phi) is 21.3. The van der Waals surface area contributed by atoms with Gasteiger partial charge in [0.05, 0.1) is 12.5 Å². The maximum absolute atomic E-state index is 5.80. The van der Waals surface area contributed by atoms with Crippen molar-refractivity contribution in [3.8, 4) is 0 Å². The molecule has 4 aromatic heterocycles. The molecule has 4 rings (SSSR count). The first kappa shape index (κ1) is 53.1. The molecule has 0 aromatic carbocycles. The maximum Gasteiger partial charge on any atom is 0.108 e. The van der Waals surface area contributed by atoms with E-state index in [4.69, 9.17) is 17.7 Å². The van der Waals surface area contributed by atoms with Gasteiger partial charge in [0, 0.05) is 23.7 Å². The zero-order valence-corrected chi connectivity index (χ0v) is 42.2. The molecule has 0 unspecified atom stereocenters. The molecule has 0 radical (unpaired) electrons. The molecule has 4 heterocycles. The molecule has 4 heteroatoms. The van der Waals surface area contributed by atoms with Crippen LogP contribution in [0.25, 0.3) is 0 Å². The molecule has 0 N–H and O–H groups in total. The molecule has 0 fully saturated rings. The topological polar surface area (TPSA) is 52.6 Å². The lowest BCUT2D eigenvalue weighted by molar-refractivity contribution is 0.222. The first-order chi connectivity index (χ1) is 26.5. The Morgan fingerprint density at radius 3 is 1.21 bits per heavy atom. The SMILES string of the molecule is CC(C)c1coc([C@H](C(C)C)C(C)(C)C)c1.CC[C@H](c1cc(C(C)C)co1)C(C)C.Cc1cc(C(C(C)C)C(C)C)oc1C.Cc1ccc([C@H](C(C)C)C(C)(C)C)o1. The molecule has 0 amide bonds. The van der Waals surface area contributed by atoms with Crippen molar-refractivity contribution in [2.24, 2.45) is 40.4 Å². The average molecular weight is 805 g/mol. The van der Waals surface area contributed by atoms with Crippen LogP contribution in [0.15, 0.2) is 60.5 Å². The highest BCUT2D eigenvalue weighted by molar-refractivity contribution is 5.23. The van der Waals surface area contributed by atoms with E-state index in [1.54, 1.807) is 0 Å². The molecule has 0 saturated carbocycles. The van der Waals surface area contributed by atoms with Crippen LogP contribution in [0.1, 0.15) is 239 Å². The van der Waals surface area contributed by atoms with Crippen LogP contribution in [0, 0.1) is 61.2 Å². The predicted octanol–water partition coefficient (Wildman–Crippen LogP) is 18.4. The molecule has 3 atom stereocenters. The average Bonchev–Trinajstić information content (AvgIpc) is 3.86. The zero-order valence-electron chi connectivity index (χ0n) is 42.2. The second-order valence-corrected chi connectivity index (χ2v) is 21.7. The van der Waals surface area contributed by atoms with Crippen molar-refractivity contribution in [2.45, 2.75) is 208 Å². The summed E-state index contributed by atoms with van der Waals surface area (Å²) in [6.45, 7) is 53.5. The lowest BCUT2D eigenvalue weighted by Crippen LogP contribution is -2.22. The van der Waals surface area contributed by atoms with Gasteiger partial charge in [-0.05, 0) is 126 Å². The van der Waals surface area contributed by atoms with Gasteiger partial charge in [-0.3, -0.25) is 0 Å². The monoisotopic (exact) mass is 805 g/mol. The lowest BCUT2D eigenvalue weighted by Gasteiger charge is -2.32. The molecular weight excluding hydrogens is 713 g/mol. The molecule has 0 saturated heterocycles. The van der Waals surface area contributed by atoms with Gasteiger partial charge < -0.3 is 17.7 Å². The van der Waals surface area contributed by atoms with E-state index in [2.05, 4.69) is 183 Å². The van der Waals surface area contributed by atoms with Crippen LogP contribution in [-0.4, -0.2) is 0 Å². The highest BCUT2D eigenvalue weighted by Crippen LogP contribution is 2.43. The van der Waals surface area contributed by atoms with Crippen molar-refractivity contribution >= 4 is 0 Å². The van der Waals surface area contributed by atoms with Gasteiger partial charge in [0.2, 0.25) is 0 Å². The minimum atomic E-state index is 0.250. The van der Waals surface area contributed by atoms with Gasteiger partial charge in [0.15, 0.2) is 0 Å². The standard InChI is InChI=1S/C15H26O.3C13H22O/c1-10(2)12-8-13(16-9-12)14(11(3)4)15(5,6)7;1-9(2)12(13(4,5)6)11-8-7-10(3)14-11;1-8(2)13(9(3)4)12-7-10(5)11(6)14-12;1-6-12(10(4)5)13-7-11(8-14-13)9(2)3/h8-11,14H,1-7H3;7-9,12H,1-6H3;7-9,13H,1-6H3;7-10,12H,6H2,1-5H3/t14-;12-;;12-/m00.0/s1. The van der Waals surface area contributed by atoms with Crippen LogP contribution in [-0.2, 0) is 0 Å². The smallest absolute Gasteiger partial charge is 0.108 e. The van der Waals surface area contributed by atoms with Crippen LogP contribution in [0.5, 0.6) is 0 Å². The Balaban J connectivity index is 0.000000387. The summed E-state index contributed by atoms with van der Waals surface area (Å²) < 4.78 is 22.9. The highest BCUT2D eigenvalue weighted by Gasteiger charge is 2.32. The third-order valence-corrected chi connectivity index (χ3v) is 11.7. The summed E-state index contributed by atoms with van der Waals surface area (Å²) in [4.78, 5) is 0. The van der Waals surface area contributed by atoms with Crippen molar-refractivity contribution in [1.29, 1.82) is 0 Å². The third kappa shape index (κ3) is 16.3. The molecule has 332 valence electrons. The van der Waals surface area contributed by atoms with E-state index in [0.29, 0.717) is 65.1 Å². The summed E-state index contributed by atoms with van der Waals surface area (Å²) in [5, 5.41) is 0. The Bertz CT molecular complexity index is 1650. The summed E-state index contributed by atoms with van der Waals surface area (Å²) in [5.41, 5.74) is 4.41. The molecule has 58 heavy (non-hydrogen) atoms. The number of hydrogen-bond acceptors (Lipinski definition) is 4. The molecule has 0 spiro atoms. The van der Waals surface area contributed by atoms with Crippen LogP contribution in [0.3, 0.4) is 0 Å². The summed E-state index contributed by atoms with van der Waals surface area (Å²) in [7, 11) is 0. The zero-order chi connectivity index (χ0) is 45.0. The Labute approximate surface area is 359 Å². The van der Waals surface area contributed by atoms with Crippen molar-refractivity contribution in [1.82, 2.24) is 0 Å². The number of furan rings is 4. The second-order valence-electron chi connectivity index (χ2n) is 21.7. The van der Waals surface area contributed by atoms with E-state index in [-0.39, 0.29) is 10.8 Å². The number of rotatable bonds is 12. The quantitative estimate of drug-likeness (QED) is 0.143. The number of aryl methyl sites for hydroxylation is 3. The molecule has 4 aromatic rings. The van der Waals surface area contributed by atoms with E-state index >= 15 is 0 Å². The van der Waals surface area contributed by atoms with Gasteiger partial charge in [-0.15, -0.1) is 0 Å². The summed E-state index contributed by atoms with van der Waals surface area (Å²) >= 11 is 0. The van der Waals surface area contributed by atoms with Gasteiger partial charge in [0.25, 0.3) is 0 Å². The fraction of sp³-hybridized carbons (Fsp3) is 0.704. The highest BCUT2D eigenvalue weighted by atomic mass is 16.3. The predicted molar refractivity (Wildman–Crippen MR) is 252 cm³/mol. The van der Waals surface area contributed by atoms with Crippen molar-refractivity contribution in [3.05, 3.63) is 94.1 Å². The summed E-state index contributed by atoms with van der Waals surface area (Å²) in [6, 6.07) is 10.8. The van der Waals surface area contributed by atoms with Crippen LogP contribution >= 0.6 is 0 Å². The van der Waals surface area contributed by atoms with Crippen molar-refractivity contribution < 1.29 is 17.7 Å². The summed E-state index contributed by atoms with van der Waals surface area (Å²) in [5.74, 6) is 13.0. The molecule has 0 aliphatic rings. The fourth-order valence-corrected chi connectivity index (χ4v) is 9.02. The fourth-order valence-electron chi connectivity index (χ4n) is 9.02. The second kappa shape index (κ2) is 23.2. The van der Waals surface area contributed by atoms with Crippen LogP contribution in [0.4, 0.5) is 0 Å². The van der Waals surface area contributed by atoms with Gasteiger partial charge in [-0.1, -0.05) is 145 Å². The molecule has 0 aliphatic heterocycles. The molecule has 0 bridgehead atoms. The molecule has 4 nitrogen and oxygen atoms in total. The minimum Gasteiger partial charge on any atom is -0.469 e. The van der Waals surface area contributed by atoms with E-state index in [0.717, 1.165) is 41.0 Å². The summed E-state index contributed by atoms with van der Waals surface area (Å²) in [6.07, 6.45) is 4.98. The minimum absolute atomic E-state index is 0.250. The number of hydrogen-bond donors (Lipinski definition) is 0. The van der Waals surface area contributed by atoms with Gasteiger partial charge in [0.1, 0.15) is 34.6 Å². The first-order valence-corrected chi connectivity index (χ1v) is 22.8. The third-order valence-electron chi connectivity index (χ3n) is 11.7.